The predicted octanol–water partition coefficient (Wildman–Crippen LogP) is 5.34. The van der Waals surface area contributed by atoms with Crippen LogP contribution in [0.15, 0.2) is 48.6 Å². The lowest BCUT2D eigenvalue weighted by Crippen LogP contribution is -2.15. The van der Waals surface area contributed by atoms with Gasteiger partial charge in [-0.05, 0) is 25.7 Å². The molecule has 1 N–H and O–H groups in total. The summed E-state index contributed by atoms with van der Waals surface area (Å²) >= 11 is 0. The van der Waals surface area contributed by atoms with Crippen molar-refractivity contribution < 1.29 is 14.6 Å². The molecule has 0 aromatic rings. The average Bonchev–Trinajstić information content (AvgIpc) is 2.46. The molecule has 0 aliphatic heterocycles. The third-order valence-corrected chi connectivity index (χ3v) is 3.66. The van der Waals surface area contributed by atoms with Gasteiger partial charge in [-0.25, -0.2) is 0 Å². The van der Waals surface area contributed by atoms with Crippen LogP contribution in [0.4, 0.5) is 0 Å². The molecule has 0 aromatic carbocycles. The van der Waals surface area contributed by atoms with Gasteiger partial charge in [0.1, 0.15) is 0 Å². The molecule has 2 atom stereocenters. The first kappa shape index (κ1) is 25.6. The topological polar surface area (TPSA) is 46.5 Å². The maximum atomic E-state index is 10.6. The number of aliphatic hydroxyl groups is 1. The molecule has 3 heteroatoms. The summed E-state index contributed by atoms with van der Waals surface area (Å²) in [6.07, 6.45) is 8.00. The summed E-state index contributed by atoms with van der Waals surface area (Å²) in [7, 11) is 0. The zero-order valence-corrected chi connectivity index (χ0v) is 17.2. The predicted molar refractivity (Wildman–Crippen MR) is 108 cm³/mol. The van der Waals surface area contributed by atoms with Crippen LogP contribution in [-0.2, 0) is 9.53 Å². The molecule has 0 aromatic heterocycles. The van der Waals surface area contributed by atoms with E-state index < -0.39 is 0 Å². The highest BCUT2D eigenvalue weighted by molar-refractivity contribution is 5.65. The quantitative estimate of drug-likeness (QED) is 0.451. The van der Waals surface area contributed by atoms with Crippen LogP contribution >= 0.6 is 0 Å². The first-order valence-electron chi connectivity index (χ1n) is 8.92. The number of esters is 1. The van der Waals surface area contributed by atoms with Crippen molar-refractivity contribution in [2.75, 3.05) is 13.2 Å². The van der Waals surface area contributed by atoms with Crippen LogP contribution in [-0.4, -0.2) is 24.3 Å². The molecule has 144 valence electrons. The summed E-state index contributed by atoms with van der Waals surface area (Å²) in [4.78, 5) is 10.6. The zero-order valence-electron chi connectivity index (χ0n) is 17.2. The second-order valence-electron chi connectivity index (χ2n) is 7.21. The van der Waals surface area contributed by atoms with Crippen LogP contribution < -0.4 is 0 Å². The summed E-state index contributed by atoms with van der Waals surface area (Å²) < 4.78 is 4.98. The van der Waals surface area contributed by atoms with Gasteiger partial charge in [-0.1, -0.05) is 76.3 Å². The summed E-state index contributed by atoms with van der Waals surface area (Å²) in [5, 5.41) is 8.93. The molecule has 0 bridgehead atoms. The minimum absolute atomic E-state index is 0.223. The average molecular weight is 351 g/mol. The fraction of sp³-hybridized carbons (Fsp3) is 0.591. The largest absolute Gasteiger partial charge is 0.465 e. The van der Waals surface area contributed by atoms with Gasteiger partial charge in [0.05, 0.1) is 6.61 Å². The van der Waals surface area contributed by atoms with Crippen LogP contribution in [0, 0.1) is 23.7 Å². The molecule has 2 unspecified atom stereocenters. The van der Waals surface area contributed by atoms with Gasteiger partial charge in [-0.2, -0.15) is 0 Å². The van der Waals surface area contributed by atoms with Gasteiger partial charge in [0.25, 0.3) is 0 Å². The Bertz CT molecular complexity index is 456. The maximum Gasteiger partial charge on any atom is 0.302 e. The van der Waals surface area contributed by atoms with E-state index in [1.165, 1.54) is 6.92 Å². The first-order chi connectivity index (χ1) is 11.5. The minimum atomic E-state index is -0.223. The monoisotopic (exact) mass is 350 g/mol. The number of hydrogen-bond acceptors (Lipinski definition) is 3. The molecule has 0 amide bonds. The van der Waals surface area contributed by atoms with Gasteiger partial charge < -0.3 is 9.84 Å². The molecule has 0 heterocycles. The summed E-state index contributed by atoms with van der Waals surface area (Å²) in [6.45, 7) is 22.0. The molecule has 0 saturated carbocycles. The third kappa shape index (κ3) is 17.0. The highest BCUT2D eigenvalue weighted by atomic mass is 16.5. The molecule has 0 spiro atoms. The Kier molecular flexibility index (Phi) is 15.1. The van der Waals surface area contributed by atoms with Crippen molar-refractivity contribution in [1.82, 2.24) is 0 Å². The number of carbonyl (C=O) groups is 1. The number of ether oxygens (including phenoxy) is 1. The van der Waals surface area contributed by atoms with E-state index in [1.54, 1.807) is 0 Å². The number of allylic oxidation sites excluding steroid dienone is 4. The van der Waals surface area contributed by atoms with Gasteiger partial charge >= 0.3 is 5.97 Å². The number of carbonyl (C=O) groups excluding carboxylic acids is 1. The molecular weight excluding hydrogens is 312 g/mol. The minimum Gasteiger partial charge on any atom is -0.465 e. The molecule has 0 aliphatic rings. The molecule has 0 aliphatic carbocycles. The SMILES string of the molecule is C=C(C)/C=C/C(CO)C(C)C.C=C(C)/C=C/C(COC(C)=O)C(C)C. The maximum absolute atomic E-state index is 10.6. The molecule has 3 nitrogen and oxygen atoms in total. The second kappa shape index (κ2) is 14.7. The van der Waals surface area contributed by atoms with Gasteiger partial charge in [0.2, 0.25) is 0 Å². The fourth-order valence-corrected chi connectivity index (χ4v) is 1.75. The van der Waals surface area contributed by atoms with Crippen molar-refractivity contribution in [3.8, 4) is 0 Å². The molecule has 0 rings (SSSR count). The first-order valence-corrected chi connectivity index (χ1v) is 8.92. The van der Waals surface area contributed by atoms with Crippen molar-refractivity contribution in [2.24, 2.45) is 23.7 Å². The number of rotatable bonds is 9. The smallest absolute Gasteiger partial charge is 0.302 e. The van der Waals surface area contributed by atoms with Crippen molar-refractivity contribution in [2.45, 2.75) is 48.5 Å². The second-order valence-corrected chi connectivity index (χ2v) is 7.21. The van der Waals surface area contributed by atoms with E-state index in [1.807, 2.05) is 32.1 Å². The molecule has 0 radical (unpaired) electrons. The van der Waals surface area contributed by atoms with E-state index in [4.69, 9.17) is 9.84 Å². The fourth-order valence-electron chi connectivity index (χ4n) is 1.75. The van der Waals surface area contributed by atoms with Crippen LogP contribution in [0.5, 0.6) is 0 Å². The summed E-state index contributed by atoms with van der Waals surface area (Å²) in [6, 6.07) is 0. The van der Waals surface area contributed by atoms with E-state index in [0.717, 1.165) is 11.1 Å². The van der Waals surface area contributed by atoms with E-state index in [9.17, 15) is 4.79 Å². The van der Waals surface area contributed by atoms with Gasteiger partial charge in [-0.15, -0.1) is 0 Å². The Hall–Kier alpha value is -1.61. The highest BCUT2D eigenvalue weighted by Gasteiger charge is 2.11. The van der Waals surface area contributed by atoms with E-state index >= 15 is 0 Å². The van der Waals surface area contributed by atoms with Gasteiger partial charge in [0, 0.05) is 25.4 Å². The number of aliphatic hydroxyl groups excluding tert-OH is 1. The third-order valence-electron chi connectivity index (χ3n) is 3.66. The summed E-state index contributed by atoms with van der Waals surface area (Å²) in [5.74, 6) is 1.28. The van der Waals surface area contributed by atoms with E-state index in [-0.39, 0.29) is 24.4 Å². The highest BCUT2D eigenvalue weighted by Crippen LogP contribution is 2.14. The van der Waals surface area contributed by atoms with Crippen molar-refractivity contribution in [1.29, 1.82) is 0 Å². The van der Waals surface area contributed by atoms with Crippen LogP contribution in [0.3, 0.4) is 0 Å². The Balaban J connectivity index is 0. The van der Waals surface area contributed by atoms with E-state index in [0.29, 0.717) is 18.4 Å². The normalized spacial score (nSPS) is 13.7. The van der Waals surface area contributed by atoms with Gasteiger partial charge in [-0.3, -0.25) is 4.79 Å². The van der Waals surface area contributed by atoms with Crippen molar-refractivity contribution in [3.05, 3.63) is 48.6 Å². The van der Waals surface area contributed by atoms with E-state index in [2.05, 4.69) is 46.9 Å². The molecule has 0 fully saturated rings. The molecular formula is C22H38O3. The Morgan fingerprint density at radius 2 is 1.32 bits per heavy atom. The standard InChI is InChI=1S/C12H20O2.C10H18O/c1-9(2)6-7-12(10(3)4)8-14-11(5)13;1-8(2)5-6-10(7-11)9(3)4/h6-7,10,12H,1,8H2,2-5H3;5-6,9-11H,1,7H2,2-4H3/b7-6+;6-5+. The summed E-state index contributed by atoms with van der Waals surface area (Å²) in [5.41, 5.74) is 2.04. The van der Waals surface area contributed by atoms with Crippen molar-refractivity contribution in [3.63, 3.8) is 0 Å². The van der Waals surface area contributed by atoms with Crippen LogP contribution in [0.1, 0.15) is 48.5 Å². The lowest BCUT2D eigenvalue weighted by Gasteiger charge is -2.16. The lowest BCUT2D eigenvalue weighted by atomic mass is 9.96. The molecule has 25 heavy (non-hydrogen) atoms. The van der Waals surface area contributed by atoms with Crippen molar-refractivity contribution >= 4 is 5.97 Å². The Morgan fingerprint density at radius 3 is 1.60 bits per heavy atom. The van der Waals surface area contributed by atoms with Gasteiger partial charge in [0.15, 0.2) is 0 Å². The molecule has 0 saturated heterocycles. The number of hydrogen-bond donors (Lipinski definition) is 1. The Morgan fingerprint density at radius 1 is 0.920 bits per heavy atom. The zero-order chi connectivity index (χ0) is 20.0. The van der Waals surface area contributed by atoms with Crippen LogP contribution in [0.25, 0.3) is 0 Å². The Labute approximate surface area is 155 Å². The lowest BCUT2D eigenvalue weighted by molar-refractivity contribution is -0.142. The van der Waals surface area contributed by atoms with Crippen LogP contribution in [0.2, 0.25) is 0 Å².